The summed E-state index contributed by atoms with van der Waals surface area (Å²) in [6.07, 6.45) is 3.95. The molecule has 1 N–H and O–H groups in total. The molecule has 0 aromatic heterocycles. The molecule has 0 aromatic rings. The molecule has 0 heterocycles. The van der Waals surface area contributed by atoms with Gasteiger partial charge in [0.05, 0.1) is 6.10 Å². The first-order chi connectivity index (χ1) is 6.17. The number of rotatable bonds is 4. The van der Waals surface area contributed by atoms with E-state index in [1.165, 1.54) is 0 Å². The maximum Gasteiger partial charge on any atom is 0.133 e. The average molecular weight is 184 g/mol. The summed E-state index contributed by atoms with van der Waals surface area (Å²) in [6, 6.07) is 0. The monoisotopic (exact) mass is 184 g/mol. The van der Waals surface area contributed by atoms with Gasteiger partial charge in [0.25, 0.3) is 0 Å². The maximum absolute atomic E-state index is 11.2. The van der Waals surface area contributed by atoms with Gasteiger partial charge in [0.15, 0.2) is 0 Å². The van der Waals surface area contributed by atoms with Gasteiger partial charge in [0.1, 0.15) is 5.78 Å². The van der Waals surface area contributed by atoms with Crippen molar-refractivity contribution in [2.75, 3.05) is 0 Å². The van der Waals surface area contributed by atoms with Crippen molar-refractivity contribution in [3.63, 3.8) is 0 Å². The van der Waals surface area contributed by atoms with Crippen LogP contribution in [0.1, 0.15) is 46.0 Å². The second-order valence-electron chi connectivity index (χ2n) is 4.17. The molecule has 0 amide bonds. The van der Waals surface area contributed by atoms with Gasteiger partial charge in [-0.3, -0.25) is 4.79 Å². The summed E-state index contributed by atoms with van der Waals surface area (Å²) >= 11 is 0. The summed E-state index contributed by atoms with van der Waals surface area (Å²) in [5, 5.41) is 9.51. The predicted molar refractivity (Wildman–Crippen MR) is 52.4 cm³/mol. The predicted octanol–water partition coefficient (Wildman–Crippen LogP) is 2.15. The third-order valence-electron chi connectivity index (χ3n) is 3.22. The number of hydrogen-bond acceptors (Lipinski definition) is 2. The minimum absolute atomic E-state index is 0.204. The van der Waals surface area contributed by atoms with Crippen molar-refractivity contribution in [3.8, 4) is 0 Å². The molecule has 0 radical (unpaired) electrons. The van der Waals surface area contributed by atoms with Gasteiger partial charge in [0.2, 0.25) is 0 Å². The Labute approximate surface area is 80.3 Å². The van der Waals surface area contributed by atoms with Crippen molar-refractivity contribution in [2.24, 2.45) is 11.8 Å². The van der Waals surface area contributed by atoms with Crippen LogP contribution in [0, 0.1) is 11.8 Å². The second-order valence-corrected chi connectivity index (χ2v) is 4.17. The lowest BCUT2D eigenvalue weighted by molar-refractivity contribution is -0.117. The van der Waals surface area contributed by atoms with E-state index in [-0.39, 0.29) is 6.10 Å². The van der Waals surface area contributed by atoms with Crippen LogP contribution < -0.4 is 0 Å². The van der Waals surface area contributed by atoms with Crippen LogP contribution in [0.25, 0.3) is 0 Å². The van der Waals surface area contributed by atoms with E-state index in [1.54, 1.807) is 0 Å². The first-order valence-electron chi connectivity index (χ1n) is 5.37. The highest BCUT2D eigenvalue weighted by Crippen LogP contribution is 2.35. The highest BCUT2D eigenvalue weighted by atomic mass is 16.3. The summed E-state index contributed by atoms with van der Waals surface area (Å²) < 4.78 is 0. The zero-order valence-corrected chi connectivity index (χ0v) is 8.62. The van der Waals surface area contributed by atoms with Gasteiger partial charge in [-0.1, -0.05) is 20.3 Å². The van der Waals surface area contributed by atoms with Gasteiger partial charge in [-0.25, -0.2) is 0 Å². The van der Waals surface area contributed by atoms with E-state index in [0.717, 1.165) is 25.7 Å². The summed E-state index contributed by atoms with van der Waals surface area (Å²) in [5.41, 5.74) is 0. The van der Waals surface area contributed by atoms with E-state index in [9.17, 15) is 9.90 Å². The van der Waals surface area contributed by atoms with Crippen molar-refractivity contribution >= 4 is 5.78 Å². The van der Waals surface area contributed by atoms with Crippen molar-refractivity contribution in [1.29, 1.82) is 0 Å². The van der Waals surface area contributed by atoms with Gasteiger partial charge >= 0.3 is 0 Å². The van der Waals surface area contributed by atoms with E-state index >= 15 is 0 Å². The molecule has 76 valence electrons. The van der Waals surface area contributed by atoms with Crippen molar-refractivity contribution in [3.05, 3.63) is 0 Å². The Hall–Kier alpha value is -0.370. The van der Waals surface area contributed by atoms with Crippen LogP contribution in [-0.4, -0.2) is 17.0 Å². The molecule has 13 heavy (non-hydrogen) atoms. The first kappa shape index (κ1) is 10.7. The maximum atomic E-state index is 11.2. The molecule has 0 saturated heterocycles. The SMILES string of the molecule is CCC(O)C[C@@H]1CC(=O)C[C@@H]1CC. The van der Waals surface area contributed by atoms with Gasteiger partial charge < -0.3 is 5.11 Å². The van der Waals surface area contributed by atoms with Crippen molar-refractivity contribution in [1.82, 2.24) is 0 Å². The lowest BCUT2D eigenvalue weighted by atomic mass is 9.88. The van der Waals surface area contributed by atoms with E-state index < -0.39 is 0 Å². The van der Waals surface area contributed by atoms with Crippen molar-refractivity contribution in [2.45, 2.75) is 52.1 Å². The number of carbonyl (C=O) groups excluding carboxylic acids is 1. The van der Waals surface area contributed by atoms with Crippen LogP contribution in [0.3, 0.4) is 0 Å². The molecule has 1 aliphatic carbocycles. The Balaban J connectivity index is 2.43. The number of carbonyl (C=O) groups is 1. The van der Waals surface area contributed by atoms with Gasteiger partial charge in [0, 0.05) is 12.8 Å². The summed E-state index contributed by atoms with van der Waals surface area (Å²) in [6.45, 7) is 4.12. The topological polar surface area (TPSA) is 37.3 Å². The third kappa shape index (κ3) is 2.80. The van der Waals surface area contributed by atoms with E-state index in [4.69, 9.17) is 0 Å². The molecular weight excluding hydrogens is 164 g/mol. The summed E-state index contributed by atoms with van der Waals surface area (Å²) in [5.74, 6) is 1.38. The zero-order valence-electron chi connectivity index (χ0n) is 8.62. The summed E-state index contributed by atoms with van der Waals surface area (Å²) in [4.78, 5) is 11.2. The number of aliphatic hydroxyl groups is 1. The number of aliphatic hydroxyl groups excluding tert-OH is 1. The molecule has 0 aromatic carbocycles. The van der Waals surface area contributed by atoms with Gasteiger partial charge in [-0.05, 0) is 24.7 Å². The molecule has 0 bridgehead atoms. The molecule has 0 aliphatic heterocycles. The van der Waals surface area contributed by atoms with Crippen molar-refractivity contribution < 1.29 is 9.90 Å². The average Bonchev–Trinajstić information content (AvgIpc) is 2.46. The Bertz CT molecular complexity index is 177. The second kappa shape index (κ2) is 4.75. The molecule has 1 rings (SSSR count). The standard InChI is InChI=1S/C11H20O2/c1-3-8-5-11(13)7-9(8)6-10(12)4-2/h8-10,12H,3-7H2,1-2H3/t8-,9+,10?/m0/s1. The van der Waals surface area contributed by atoms with Crippen LogP contribution in [0.5, 0.6) is 0 Å². The van der Waals surface area contributed by atoms with E-state index in [2.05, 4.69) is 6.92 Å². The number of Topliss-reactive ketones (excluding diaryl/α,β-unsaturated/α-hetero) is 1. The van der Waals surface area contributed by atoms with Crippen LogP contribution in [-0.2, 0) is 4.79 Å². The molecule has 1 unspecified atom stereocenters. The summed E-state index contributed by atoms with van der Waals surface area (Å²) in [7, 11) is 0. The molecule has 2 heteroatoms. The zero-order chi connectivity index (χ0) is 9.84. The normalized spacial score (nSPS) is 30.8. The van der Waals surface area contributed by atoms with Crippen LogP contribution in [0.15, 0.2) is 0 Å². The minimum Gasteiger partial charge on any atom is -0.393 e. The van der Waals surface area contributed by atoms with Gasteiger partial charge in [-0.2, -0.15) is 0 Å². The quantitative estimate of drug-likeness (QED) is 0.727. The minimum atomic E-state index is -0.204. The largest absolute Gasteiger partial charge is 0.393 e. The molecule has 1 fully saturated rings. The number of ketones is 1. The Morgan fingerprint density at radius 1 is 1.38 bits per heavy atom. The Morgan fingerprint density at radius 2 is 2.00 bits per heavy atom. The van der Waals surface area contributed by atoms with Crippen LogP contribution >= 0.6 is 0 Å². The molecule has 2 nitrogen and oxygen atoms in total. The van der Waals surface area contributed by atoms with E-state index in [1.807, 2.05) is 6.92 Å². The fraction of sp³-hybridized carbons (Fsp3) is 0.909. The highest BCUT2D eigenvalue weighted by Gasteiger charge is 2.32. The Morgan fingerprint density at radius 3 is 2.54 bits per heavy atom. The van der Waals surface area contributed by atoms with Crippen LogP contribution in [0.2, 0.25) is 0 Å². The van der Waals surface area contributed by atoms with Gasteiger partial charge in [-0.15, -0.1) is 0 Å². The smallest absolute Gasteiger partial charge is 0.133 e. The molecule has 1 aliphatic rings. The molecular formula is C11H20O2. The third-order valence-corrected chi connectivity index (χ3v) is 3.22. The van der Waals surface area contributed by atoms with Crippen LogP contribution in [0.4, 0.5) is 0 Å². The molecule has 1 saturated carbocycles. The fourth-order valence-corrected chi connectivity index (χ4v) is 2.27. The number of hydrogen-bond donors (Lipinski definition) is 1. The first-order valence-corrected chi connectivity index (χ1v) is 5.37. The Kier molecular flexibility index (Phi) is 3.91. The molecule has 0 spiro atoms. The lowest BCUT2D eigenvalue weighted by Crippen LogP contribution is -2.15. The molecule has 3 atom stereocenters. The highest BCUT2D eigenvalue weighted by molar-refractivity contribution is 5.81. The lowest BCUT2D eigenvalue weighted by Gasteiger charge is -2.19. The fourth-order valence-electron chi connectivity index (χ4n) is 2.27. The van der Waals surface area contributed by atoms with E-state index in [0.29, 0.717) is 24.0 Å².